The zero-order chi connectivity index (χ0) is 24.6. The number of nitrogens with zero attached hydrogens (tertiary/aromatic N) is 2. The summed E-state index contributed by atoms with van der Waals surface area (Å²) in [6.07, 6.45) is -4.48. The van der Waals surface area contributed by atoms with Gasteiger partial charge in [-0.15, -0.1) is 0 Å². The van der Waals surface area contributed by atoms with Crippen molar-refractivity contribution in [2.24, 2.45) is 11.8 Å². The van der Waals surface area contributed by atoms with Crippen molar-refractivity contribution in [2.75, 3.05) is 38.0 Å². The molecule has 10 heteroatoms. The summed E-state index contributed by atoms with van der Waals surface area (Å²) in [6, 6.07) is 7.64. The van der Waals surface area contributed by atoms with E-state index in [9.17, 15) is 27.2 Å². The second-order valence-electron chi connectivity index (χ2n) is 8.94. The Morgan fingerprint density at radius 1 is 1.06 bits per heavy atom. The number of hydrogen-bond acceptors (Lipinski definition) is 3. The molecule has 0 spiro atoms. The van der Waals surface area contributed by atoms with E-state index in [0.717, 1.165) is 24.7 Å². The first-order chi connectivity index (χ1) is 16.0. The average Bonchev–Trinajstić information content (AvgIpc) is 3.32. The summed E-state index contributed by atoms with van der Waals surface area (Å²) in [4.78, 5) is 28.7. The molecule has 2 saturated heterocycles. The van der Waals surface area contributed by atoms with Crippen molar-refractivity contribution in [1.29, 1.82) is 0 Å². The van der Waals surface area contributed by atoms with Gasteiger partial charge in [-0.05, 0) is 54.7 Å². The molecule has 34 heavy (non-hydrogen) atoms. The van der Waals surface area contributed by atoms with Gasteiger partial charge in [0, 0.05) is 55.4 Å². The number of anilines is 1. The van der Waals surface area contributed by atoms with Gasteiger partial charge < -0.3 is 15.1 Å². The molecule has 2 amide bonds. The Bertz CT molecular complexity index is 1090. The fourth-order valence-electron chi connectivity index (χ4n) is 4.65. The first-order valence-electron chi connectivity index (χ1n) is 11.0. The zero-order valence-electron chi connectivity index (χ0n) is 18.5. The molecular formula is C24H24ClF4N3O2. The monoisotopic (exact) mass is 497 g/mol. The molecule has 2 fully saturated rings. The van der Waals surface area contributed by atoms with Crippen molar-refractivity contribution < 1.29 is 27.2 Å². The van der Waals surface area contributed by atoms with Gasteiger partial charge in [0.2, 0.25) is 5.91 Å². The number of alkyl halides is 3. The normalized spacial score (nSPS) is 20.5. The predicted molar refractivity (Wildman–Crippen MR) is 120 cm³/mol. The highest BCUT2D eigenvalue weighted by molar-refractivity contribution is 6.31. The van der Waals surface area contributed by atoms with Crippen LogP contribution >= 0.6 is 11.6 Å². The van der Waals surface area contributed by atoms with Crippen molar-refractivity contribution in [2.45, 2.75) is 19.5 Å². The van der Waals surface area contributed by atoms with Gasteiger partial charge in [0.1, 0.15) is 5.82 Å². The molecule has 0 saturated carbocycles. The number of halogens is 5. The lowest BCUT2D eigenvalue weighted by Crippen LogP contribution is -2.34. The molecule has 2 aliphatic rings. The molecule has 0 radical (unpaired) electrons. The van der Waals surface area contributed by atoms with Crippen LogP contribution < -0.4 is 5.32 Å². The molecule has 2 unspecified atom stereocenters. The van der Waals surface area contributed by atoms with E-state index in [0.29, 0.717) is 48.9 Å². The highest BCUT2D eigenvalue weighted by Gasteiger charge is 2.42. The van der Waals surface area contributed by atoms with Crippen LogP contribution in [-0.4, -0.2) is 54.3 Å². The second kappa shape index (κ2) is 9.54. The van der Waals surface area contributed by atoms with Crippen LogP contribution in [0.25, 0.3) is 0 Å². The number of nitrogens with one attached hydrogen (secondary N) is 1. The number of carbonyl (C=O) groups is 2. The molecule has 2 aromatic carbocycles. The van der Waals surface area contributed by atoms with E-state index in [1.165, 1.54) is 0 Å². The number of fused-ring (bicyclic) bond motifs is 1. The summed E-state index contributed by atoms with van der Waals surface area (Å²) in [6.45, 7) is 4.82. The van der Waals surface area contributed by atoms with Crippen molar-refractivity contribution >= 4 is 29.1 Å². The Morgan fingerprint density at radius 2 is 1.74 bits per heavy atom. The van der Waals surface area contributed by atoms with E-state index in [2.05, 4.69) is 10.2 Å². The number of benzene rings is 2. The molecule has 2 aliphatic heterocycles. The lowest BCUT2D eigenvalue weighted by molar-refractivity contribution is -0.140. The van der Waals surface area contributed by atoms with Crippen molar-refractivity contribution in [3.05, 3.63) is 63.9 Å². The van der Waals surface area contributed by atoms with E-state index < -0.39 is 23.5 Å². The number of hydrogen-bond donors (Lipinski definition) is 1. The van der Waals surface area contributed by atoms with Gasteiger partial charge in [0.15, 0.2) is 0 Å². The first kappa shape index (κ1) is 24.5. The van der Waals surface area contributed by atoms with E-state index >= 15 is 0 Å². The van der Waals surface area contributed by atoms with Crippen molar-refractivity contribution in [3.63, 3.8) is 0 Å². The molecule has 4 rings (SSSR count). The van der Waals surface area contributed by atoms with Crippen LogP contribution in [0.5, 0.6) is 0 Å². The van der Waals surface area contributed by atoms with Crippen molar-refractivity contribution in [3.8, 4) is 0 Å². The summed E-state index contributed by atoms with van der Waals surface area (Å²) < 4.78 is 52.1. The quantitative estimate of drug-likeness (QED) is 0.602. The Kier molecular flexibility index (Phi) is 6.87. The topological polar surface area (TPSA) is 52.7 Å². The molecule has 0 aliphatic carbocycles. The number of aryl methyl sites for hydroxylation is 1. The molecule has 1 N–H and O–H groups in total. The SMILES string of the molecule is Cc1ccc(NC(=O)CCN2CC3CN(C(=O)c4ccc(C(F)(F)F)c(F)c4)CC3C2)cc1Cl. The Balaban J connectivity index is 1.26. The average molecular weight is 498 g/mol. The maximum absolute atomic E-state index is 13.9. The fraction of sp³-hybridized carbons (Fsp3) is 0.417. The van der Waals surface area contributed by atoms with Crippen LogP contribution in [0.2, 0.25) is 5.02 Å². The predicted octanol–water partition coefficient (Wildman–Crippen LogP) is 4.84. The molecule has 2 atom stereocenters. The minimum absolute atomic E-state index is 0.0878. The van der Waals surface area contributed by atoms with Crippen LogP contribution in [0, 0.1) is 24.6 Å². The van der Waals surface area contributed by atoms with Crippen LogP contribution in [0.3, 0.4) is 0 Å². The maximum Gasteiger partial charge on any atom is 0.419 e. The Labute approximate surface area is 199 Å². The Morgan fingerprint density at radius 3 is 2.32 bits per heavy atom. The standard InChI is InChI=1S/C24H24ClF4N3O2/c1-14-2-4-18(9-20(14)25)30-22(33)6-7-31-10-16-12-32(13-17(16)11-31)23(34)15-3-5-19(21(26)8-15)24(27,28)29/h2-5,8-9,16-17H,6-7,10-13H2,1H3,(H,30,33). The number of rotatable bonds is 5. The summed E-state index contributed by atoms with van der Waals surface area (Å²) in [7, 11) is 0. The van der Waals surface area contributed by atoms with E-state index in [1.54, 1.807) is 17.0 Å². The third kappa shape index (κ3) is 5.36. The van der Waals surface area contributed by atoms with Crippen molar-refractivity contribution in [1.82, 2.24) is 9.80 Å². The van der Waals surface area contributed by atoms with Crippen LogP contribution in [0.15, 0.2) is 36.4 Å². The van der Waals surface area contributed by atoms with Gasteiger partial charge in [0.05, 0.1) is 5.56 Å². The maximum atomic E-state index is 13.9. The zero-order valence-corrected chi connectivity index (χ0v) is 19.2. The van der Waals surface area contributed by atoms with E-state index in [-0.39, 0.29) is 23.3 Å². The molecular weight excluding hydrogens is 474 g/mol. The molecule has 5 nitrogen and oxygen atoms in total. The molecule has 182 valence electrons. The smallest absolute Gasteiger partial charge is 0.338 e. The minimum atomic E-state index is -4.80. The third-order valence-electron chi connectivity index (χ3n) is 6.48. The number of amides is 2. The van der Waals surface area contributed by atoms with Gasteiger partial charge in [0.25, 0.3) is 5.91 Å². The van der Waals surface area contributed by atoms with Gasteiger partial charge >= 0.3 is 6.18 Å². The summed E-state index contributed by atoms with van der Waals surface area (Å²) in [5.74, 6) is -1.61. The number of carbonyl (C=O) groups excluding carboxylic acids is 2. The Hall–Kier alpha value is -2.65. The van der Waals surface area contributed by atoms with Gasteiger partial charge in [-0.2, -0.15) is 13.2 Å². The van der Waals surface area contributed by atoms with Gasteiger partial charge in [-0.25, -0.2) is 4.39 Å². The second-order valence-corrected chi connectivity index (χ2v) is 9.35. The lowest BCUT2D eigenvalue weighted by atomic mass is 10.0. The molecule has 2 heterocycles. The van der Waals surface area contributed by atoms with E-state index in [4.69, 9.17) is 11.6 Å². The number of likely N-dealkylation sites (tertiary alicyclic amines) is 2. The van der Waals surface area contributed by atoms with E-state index in [1.807, 2.05) is 13.0 Å². The molecule has 0 bridgehead atoms. The highest BCUT2D eigenvalue weighted by Crippen LogP contribution is 2.34. The van der Waals surface area contributed by atoms with Gasteiger partial charge in [-0.3, -0.25) is 9.59 Å². The summed E-state index contributed by atoms with van der Waals surface area (Å²) in [5.41, 5.74) is 0.106. The van der Waals surface area contributed by atoms with Crippen LogP contribution in [0.1, 0.15) is 27.9 Å². The molecule has 0 aromatic heterocycles. The summed E-state index contributed by atoms with van der Waals surface area (Å²) in [5, 5.41) is 3.42. The van der Waals surface area contributed by atoms with Crippen LogP contribution in [0.4, 0.5) is 23.2 Å². The largest absolute Gasteiger partial charge is 0.419 e. The first-order valence-corrected chi connectivity index (χ1v) is 11.3. The molecule has 2 aromatic rings. The van der Waals surface area contributed by atoms with Gasteiger partial charge in [-0.1, -0.05) is 17.7 Å². The third-order valence-corrected chi connectivity index (χ3v) is 6.89. The fourth-order valence-corrected chi connectivity index (χ4v) is 4.83. The lowest BCUT2D eigenvalue weighted by Gasteiger charge is -2.22. The van der Waals surface area contributed by atoms with Crippen LogP contribution in [-0.2, 0) is 11.0 Å². The summed E-state index contributed by atoms with van der Waals surface area (Å²) >= 11 is 6.09. The highest BCUT2D eigenvalue weighted by atomic mass is 35.5. The minimum Gasteiger partial charge on any atom is -0.338 e.